The number of carbonyl (C=O) groups is 2. The van der Waals surface area contributed by atoms with Crippen molar-refractivity contribution in [2.45, 2.75) is 71.4 Å². The molecule has 2 atom stereocenters. The summed E-state index contributed by atoms with van der Waals surface area (Å²) in [6.45, 7) is 9.05. The highest BCUT2D eigenvalue weighted by Gasteiger charge is 2.40. The van der Waals surface area contributed by atoms with Gasteiger partial charge in [0.1, 0.15) is 6.04 Å². The molecule has 2 bridgehead atoms. The van der Waals surface area contributed by atoms with Crippen molar-refractivity contribution in [3.05, 3.63) is 0 Å². The van der Waals surface area contributed by atoms with Crippen molar-refractivity contribution in [3.63, 3.8) is 0 Å². The first-order valence-electron chi connectivity index (χ1n) is 10.8. The maximum absolute atomic E-state index is 13.4. The minimum Gasteiger partial charge on any atom is -0.367 e. The average Bonchev–Trinajstić information content (AvgIpc) is 3.05. The second-order valence-corrected chi connectivity index (χ2v) is 10.3. The predicted octanol–water partition coefficient (Wildman–Crippen LogP) is 1.83. The maximum atomic E-state index is 13.4. The molecule has 3 heterocycles. The van der Waals surface area contributed by atoms with E-state index in [4.69, 9.17) is 12.2 Å². The minimum atomic E-state index is -0.360. The Morgan fingerprint density at radius 3 is 2.57 bits per heavy atom. The van der Waals surface area contributed by atoms with E-state index >= 15 is 0 Å². The highest BCUT2D eigenvalue weighted by molar-refractivity contribution is 7.80. The molecule has 7 heteroatoms. The molecule has 2 amide bonds. The van der Waals surface area contributed by atoms with Gasteiger partial charge in [0.05, 0.1) is 4.99 Å². The Bertz CT molecular complexity index is 598. The van der Waals surface area contributed by atoms with Crippen molar-refractivity contribution in [1.29, 1.82) is 0 Å². The third-order valence-corrected chi connectivity index (χ3v) is 6.71. The van der Waals surface area contributed by atoms with Gasteiger partial charge < -0.3 is 20.9 Å². The molecule has 4 fully saturated rings. The van der Waals surface area contributed by atoms with Crippen LogP contribution in [0.3, 0.4) is 0 Å². The lowest BCUT2D eigenvalue weighted by Crippen LogP contribution is -2.57. The largest absolute Gasteiger partial charge is 0.367 e. The molecule has 4 rings (SSSR count). The predicted molar refractivity (Wildman–Crippen MR) is 115 cm³/mol. The van der Waals surface area contributed by atoms with Crippen LogP contribution in [0.2, 0.25) is 0 Å². The van der Waals surface area contributed by atoms with Crippen molar-refractivity contribution in [1.82, 2.24) is 20.9 Å². The van der Waals surface area contributed by atoms with Crippen molar-refractivity contribution in [2.75, 3.05) is 26.2 Å². The Hall–Kier alpha value is -1.21. The van der Waals surface area contributed by atoms with Crippen molar-refractivity contribution in [2.24, 2.45) is 17.3 Å². The van der Waals surface area contributed by atoms with E-state index in [1.54, 1.807) is 0 Å². The Morgan fingerprint density at radius 2 is 1.86 bits per heavy atom. The highest BCUT2D eigenvalue weighted by atomic mass is 32.1. The summed E-state index contributed by atoms with van der Waals surface area (Å²) in [4.78, 5) is 28.5. The molecule has 4 aliphatic rings. The maximum Gasteiger partial charge on any atom is 0.245 e. The van der Waals surface area contributed by atoms with Gasteiger partial charge in [-0.1, -0.05) is 33.0 Å². The Morgan fingerprint density at radius 1 is 1.11 bits per heavy atom. The number of fused-ring (bicyclic) bond motifs is 10. The van der Waals surface area contributed by atoms with Crippen molar-refractivity contribution in [3.8, 4) is 0 Å². The zero-order chi connectivity index (χ0) is 20.3. The van der Waals surface area contributed by atoms with E-state index in [0.29, 0.717) is 24.0 Å². The quantitative estimate of drug-likeness (QED) is 0.534. The van der Waals surface area contributed by atoms with Gasteiger partial charge in [-0.2, -0.15) is 0 Å². The lowest BCUT2D eigenvalue weighted by molar-refractivity contribution is -0.137. The van der Waals surface area contributed by atoms with E-state index in [1.165, 1.54) is 0 Å². The fourth-order valence-corrected chi connectivity index (χ4v) is 4.85. The lowest BCUT2D eigenvalue weighted by atomic mass is 9.72. The summed E-state index contributed by atoms with van der Waals surface area (Å²) in [5.74, 6) is 1.10. The first kappa shape index (κ1) is 21.5. The smallest absolute Gasteiger partial charge is 0.245 e. The van der Waals surface area contributed by atoms with Gasteiger partial charge in [0.2, 0.25) is 11.8 Å². The topological polar surface area (TPSA) is 73.5 Å². The molecule has 0 aromatic carbocycles. The van der Waals surface area contributed by atoms with Crippen molar-refractivity contribution >= 4 is 29.0 Å². The molecule has 3 aliphatic heterocycles. The summed E-state index contributed by atoms with van der Waals surface area (Å²) in [5, 5.41) is 9.86. The number of amides is 2. The molecule has 0 aromatic rings. The molecule has 3 N–H and O–H groups in total. The molecule has 158 valence electrons. The van der Waals surface area contributed by atoms with E-state index in [9.17, 15) is 9.59 Å². The number of nitrogens with zero attached hydrogens (tertiary/aromatic N) is 1. The van der Waals surface area contributed by atoms with Crippen molar-refractivity contribution < 1.29 is 9.59 Å². The summed E-state index contributed by atoms with van der Waals surface area (Å²) in [6.07, 6.45) is 6.20. The number of rotatable bonds is 0. The number of carbonyl (C=O) groups excluding carboxylic acids is 2. The lowest BCUT2D eigenvalue weighted by Gasteiger charge is -2.37. The van der Waals surface area contributed by atoms with Crippen LogP contribution in [0.1, 0.15) is 59.3 Å². The van der Waals surface area contributed by atoms with Gasteiger partial charge in [0.25, 0.3) is 0 Å². The van der Waals surface area contributed by atoms with Gasteiger partial charge in [-0.25, -0.2) is 0 Å². The Labute approximate surface area is 174 Å². The van der Waals surface area contributed by atoms with Crippen LogP contribution < -0.4 is 16.0 Å². The fourth-order valence-electron chi connectivity index (χ4n) is 4.63. The minimum absolute atomic E-state index is 0.0846. The number of thiocarbonyl (C=S) groups is 1. The Kier molecular flexibility index (Phi) is 6.97. The van der Waals surface area contributed by atoms with E-state index in [2.05, 4.69) is 36.7 Å². The van der Waals surface area contributed by atoms with E-state index in [-0.39, 0.29) is 35.2 Å². The summed E-state index contributed by atoms with van der Waals surface area (Å²) in [7, 11) is 0. The van der Waals surface area contributed by atoms with Crippen LogP contribution in [0, 0.1) is 17.3 Å². The highest BCUT2D eigenvalue weighted by Crippen LogP contribution is 2.37. The number of hydrogen-bond acceptors (Lipinski definition) is 4. The van der Waals surface area contributed by atoms with E-state index in [0.717, 1.165) is 51.6 Å². The number of hydrogen-bond donors (Lipinski definition) is 3. The molecule has 0 spiro atoms. The SMILES string of the molecule is CC(C)(C)[C@@H]1NC(=S)CNCCC[C@H]2C[C@@H](C2)C(=O)NCC2CCCN2C1=O. The Balaban J connectivity index is 1.72. The van der Waals surface area contributed by atoms with Gasteiger partial charge in [0.15, 0.2) is 0 Å². The third-order valence-electron chi connectivity index (χ3n) is 6.45. The second kappa shape index (κ2) is 9.08. The molecule has 0 aromatic heterocycles. The summed E-state index contributed by atoms with van der Waals surface area (Å²) in [5.41, 5.74) is -0.248. The van der Waals surface area contributed by atoms with Crippen LogP contribution >= 0.6 is 12.2 Å². The van der Waals surface area contributed by atoms with Crippen LogP contribution in [-0.2, 0) is 9.59 Å². The molecule has 1 saturated carbocycles. The van der Waals surface area contributed by atoms with Gasteiger partial charge in [0, 0.05) is 31.6 Å². The number of nitrogens with one attached hydrogen (secondary N) is 3. The summed E-state index contributed by atoms with van der Waals surface area (Å²) >= 11 is 5.53. The molecule has 3 saturated heterocycles. The van der Waals surface area contributed by atoms with Gasteiger partial charge in [-0.05, 0) is 56.4 Å². The monoisotopic (exact) mass is 408 g/mol. The molecular formula is C21H36N4O2S. The standard InChI is InChI=1S/C21H36N4O2S/c1-21(2,3)18-20(27)25-9-5-7-16(25)12-23-19(26)15-10-14(11-15)6-4-8-22-13-17(28)24-18/h14-16,18,22H,4-13H2,1-3H3,(H,23,26)(H,24,28)/t14-,15-,16?,18-/m1/s1. The molecule has 28 heavy (non-hydrogen) atoms. The molecule has 1 aliphatic carbocycles. The van der Waals surface area contributed by atoms with Gasteiger partial charge in [-0.3, -0.25) is 9.59 Å². The van der Waals surface area contributed by atoms with Crippen LogP contribution in [0.5, 0.6) is 0 Å². The molecule has 0 radical (unpaired) electrons. The fraction of sp³-hybridized carbons (Fsp3) is 0.857. The van der Waals surface area contributed by atoms with Gasteiger partial charge >= 0.3 is 0 Å². The van der Waals surface area contributed by atoms with Crippen LogP contribution in [0.15, 0.2) is 0 Å². The summed E-state index contributed by atoms with van der Waals surface area (Å²) in [6, 6.07) is -0.275. The average molecular weight is 409 g/mol. The van der Waals surface area contributed by atoms with E-state index in [1.807, 2.05) is 4.90 Å². The van der Waals surface area contributed by atoms with Crippen LogP contribution in [-0.4, -0.2) is 60.0 Å². The first-order valence-corrected chi connectivity index (χ1v) is 11.2. The van der Waals surface area contributed by atoms with Crippen LogP contribution in [0.4, 0.5) is 0 Å². The van der Waals surface area contributed by atoms with Gasteiger partial charge in [-0.15, -0.1) is 0 Å². The zero-order valence-corrected chi connectivity index (χ0v) is 18.4. The third kappa shape index (κ3) is 5.23. The summed E-state index contributed by atoms with van der Waals surface area (Å²) < 4.78 is 0. The molecule has 1 unspecified atom stereocenters. The first-order chi connectivity index (χ1) is 13.3. The second-order valence-electron chi connectivity index (χ2n) is 9.79. The zero-order valence-electron chi connectivity index (χ0n) is 17.6. The van der Waals surface area contributed by atoms with E-state index < -0.39 is 0 Å². The molecular weight excluding hydrogens is 372 g/mol. The normalized spacial score (nSPS) is 33.4. The van der Waals surface area contributed by atoms with Crippen LogP contribution in [0.25, 0.3) is 0 Å². The molecule has 6 nitrogen and oxygen atoms in total.